The molecule has 1 N–H and O–H groups in total. The Hall–Kier alpha value is -3.06. The van der Waals surface area contributed by atoms with Gasteiger partial charge in [0.05, 0.1) is 24.4 Å². The highest BCUT2D eigenvalue weighted by Gasteiger charge is 2.35. The van der Waals surface area contributed by atoms with Crippen LogP contribution in [0.15, 0.2) is 53.7 Å². The highest BCUT2D eigenvalue weighted by Crippen LogP contribution is 2.38. The number of rotatable bonds is 3. The van der Waals surface area contributed by atoms with Gasteiger partial charge in [0.25, 0.3) is 0 Å². The quantitative estimate of drug-likeness (QED) is 0.612. The number of carbonyl (C=O) groups is 1. The van der Waals surface area contributed by atoms with E-state index in [1.165, 1.54) is 7.11 Å². The number of nitrogens with zero attached hydrogens (tertiary/aromatic N) is 1. The van der Waals surface area contributed by atoms with E-state index in [1.54, 1.807) is 0 Å². The number of thiocarbonyl (C=S) groups is 1. The monoisotopic (exact) mass is 410 g/mol. The summed E-state index contributed by atoms with van der Waals surface area (Å²) in [6.45, 7) is 4.91. The van der Waals surface area contributed by atoms with Crippen LogP contribution in [0.25, 0.3) is 0 Å². The first-order valence-electron chi connectivity index (χ1n) is 9.35. The fourth-order valence-electron chi connectivity index (χ4n) is 3.70. The Morgan fingerprint density at radius 2 is 1.90 bits per heavy atom. The summed E-state index contributed by atoms with van der Waals surface area (Å²) in [4.78, 5) is 14.6. The minimum atomic E-state index is -0.397. The fourth-order valence-corrected chi connectivity index (χ4v) is 4.06. The third-order valence-corrected chi connectivity index (χ3v) is 5.35. The number of fused-ring (bicyclic) bond motifs is 1. The first-order valence-corrected chi connectivity index (χ1v) is 9.76. The van der Waals surface area contributed by atoms with Crippen LogP contribution >= 0.6 is 12.2 Å². The topological polar surface area (TPSA) is 60.0 Å². The molecule has 0 fully saturated rings. The molecule has 150 valence electrons. The number of hydrogen-bond donors (Lipinski definition) is 1. The van der Waals surface area contributed by atoms with Crippen molar-refractivity contribution in [2.45, 2.75) is 19.9 Å². The largest absolute Gasteiger partial charge is 0.486 e. The zero-order chi connectivity index (χ0) is 20.5. The molecule has 0 amide bonds. The fraction of sp³-hybridized carbons (Fsp3) is 0.273. The van der Waals surface area contributed by atoms with E-state index in [1.807, 2.05) is 61.2 Å². The van der Waals surface area contributed by atoms with Crippen LogP contribution in [0.2, 0.25) is 0 Å². The average Bonchev–Trinajstić information content (AvgIpc) is 2.72. The number of nitrogens with one attached hydrogen (secondary N) is 1. The molecule has 0 bridgehead atoms. The second-order valence-electron chi connectivity index (χ2n) is 6.95. The van der Waals surface area contributed by atoms with Crippen LogP contribution in [0.4, 0.5) is 5.69 Å². The molecule has 2 aliphatic heterocycles. The van der Waals surface area contributed by atoms with Crippen LogP contribution in [-0.4, -0.2) is 31.4 Å². The van der Waals surface area contributed by atoms with E-state index in [2.05, 4.69) is 5.32 Å². The molecule has 1 atom stereocenters. The van der Waals surface area contributed by atoms with Gasteiger partial charge in [0, 0.05) is 11.8 Å². The molecular weight excluding hydrogens is 388 g/mol. The van der Waals surface area contributed by atoms with Gasteiger partial charge in [-0.3, -0.25) is 4.90 Å². The van der Waals surface area contributed by atoms with E-state index >= 15 is 0 Å². The van der Waals surface area contributed by atoms with Crippen molar-refractivity contribution in [1.29, 1.82) is 0 Å². The molecule has 6 nitrogen and oxygen atoms in total. The molecule has 0 aromatic heterocycles. The molecule has 7 heteroatoms. The van der Waals surface area contributed by atoms with Crippen LogP contribution in [0.3, 0.4) is 0 Å². The molecule has 0 radical (unpaired) electrons. The maximum Gasteiger partial charge on any atom is 0.337 e. The standard InChI is InChI=1S/C22H22N2O4S/c1-13-5-4-6-15(11-13)20-19(21(25)26-3)14(2)24(22(29)23-20)16-7-8-17-18(12-16)28-10-9-27-17/h4-8,11-12,20H,9-10H2,1-3H3,(H,23,29)/t20-/m1/s1. The lowest BCUT2D eigenvalue weighted by atomic mass is 9.94. The number of methoxy groups -OCH3 is 1. The molecule has 29 heavy (non-hydrogen) atoms. The predicted octanol–water partition coefficient (Wildman–Crippen LogP) is 3.65. The van der Waals surface area contributed by atoms with Crippen molar-refractivity contribution in [1.82, 2.24) is 5.32 Å². The van der Waals surface area contributed by atoms with Crippen molar-refractivity contribution in [2.24, 2.45) is 0 Å². The number of ether oxygens (including phenoxy) is 3. The Morgan fingerprint density at radius 3 is 2.62 bits per heavy atom. The zero-order valence-electron chi connectivity index (χ0n) is 16.5. The third-order valence-electron chi connectivity index (χ3n) is 5.05. The van der Waals surface area contributed by atoms with Gasteiger partial charge < -0.3 is 19.5 Å². The van der Waals surface area contributed by atoms with E-state index < -0.39 is 5.97 Å². The van der Waals surface area contributed by atoms with Crippen molar-refractivity contribution in [3.8, 4) is 11.5 Å². The lowest BCUT2D eigenvalue weighted by Crippen LogP contribution is -2.48. The van der Waals surface area contributed by atoms with Gasteiger partial charge in [-0.05, 0) is 43.8 Å². The van der Waals surface area contributed by atoms with Crippen molar-refractivity contribution in [2.75, 3.05) is 25.2 Å². The molecule has 4 rings (SSSR count). The minimum absolute atomic E-state index is 0.386. The molecule has 2 heterocycles. The lowest BCUT2D eigenvalue weighted by molar-refractivity contribution is -0.136. The number of carbonyl (C=O) groups excluding carboxylic acids is 1. The average molecular weight is 410 g/mol. The maximum atomic E-state index is 12.7. The van der Waals surface area contributed by atoms with E-state index in [9.17, 15) is 4.79 Å². The SMILES string of the molecule is COC(=O)C1=C(C)N(c2ccc3c(c2)OCCO3)C(=S)N[C@@H]1c1cccc(C)c1. The van der Waals surface area contributed by atoms with Crippen LogP contribution in [0, 0.1) is 6.92 Å². The smallest absolute Gasteiger partial charge is 0.337 e. The summed E-state index contributed by atoms with van der Waals surface area (Å²) in [7, 11) is 1.39. The third kappa shape index (κ3) is 3.53. The zero-order valence-corrected chi connectivity index (χ0v) is 17.3. The summed E-state index contributed by atoms with van der Waals surface area (Å²) in [6, 6.07) is 13.2. The van der Waals surface area contributed by atoms with Crippen LogP contribution < -0.4 is 19.7 Å². The number of hydrogen-bond acceptors (Lipinski definition) is 5. The second kappa shape index (κ2) is 7.75. The second-order valence-corrected chi connectivity index (χ2v) is 7.34. The summed E-state index contributed by atoms with van der Waals surface area (Å²) >= 11 is 5.68. The van der Waals surface area contributed by atoms with Gasteiger partial charge in [0.15, 0.2) is 16.6 Å². The molecule has 0 aliphatic carbocycles. The van der Waals surface area contributed by atoms with Crippen LogP contribution in [0.1, 0.15) is 24.1 Å². The van der Waals surface area contributed by atoms with Gasteiger partial charge in [0.2, 0.25) is 0 Å². The molecule has 0 spiro atoms. The molecule has 2 aromatic rings. The van der Waals surface area contributed by atoms with Gasteiger partial charge in [0.1, 0.15) is 13.2 Å². The normalized spacial score (nSPS) is 18.4. The number of aryl methyl sites for hydroxylation is 1. The summed E-state index contributed by atoms with van der Waals surface area (Å²) in [6.07, 6.45) is 0. The molecule has 0 saturated carbocycles. The van der Waals surface area contributed by atoms with E-state index in [-0.39, 0.29) is 6.04 Å². The van der Waals surface area contributed by atoms with Crippen molar-refractivity contribution >= 4 is 29.0 Å². The van der Waals surface area contributed by atoms with E-state index in [4.69, 9.17) is 26.4 Å². The Bertz CT molecular complexity index is 1020. The summed E-state index contributed by atoms with van der Waals surface area (Å²) in [5.74, 6) is 0.958. The van der Waals surface area contributed by atoms with Gasteiger partial charge in [-0.2, -0.15) is 0 Å². The molecule has 0 unspecified atom stereocenters. The van der Waals surface area contributed by atoms with Gasteiger partial charge in [-0.1, -0.05) is 29.8 Å². The Balaban J connectivity index is 1.81. The number of allylic oxidation sites excluding steroid dienone is 1. The molecule has 2 aliphatic rings. The van der Waals surface area contributed by atoms with Crippen molar-refractivity contribution in [3.63, 3.8) is 0 Å². The summed E-state index contributed by atoms with van der Waals surface area (Å²) < 4.78 is 16.4. The lowest BCUT2D eigenvalue weighted by Gasteiger charge is -2.37. The van der Waals surface area contributed by atoms with E-state index in [0.29, 0.717) is 41.1 Å². The minimum Gasteiger partial charge on any atom is -0.486 e. The highest BCUT2D eigenvalue weighted by molar-refractivity contribution is 7.80. The van der Waals surface area contributed by atoms with Crippen molar-refractivity contribution < 1.29 is 19.0 Å². The van der Waals surface area contributed by atoms with Gasteiger partial charge in [-0.25, -0.2) is 4.79 Å². The van der Waals surface area contributed by atoms with Gasteiger partial charge >= 0.3 is 5.97 Å². The molecule has 0 saturated heterocycles. The summed E-state index contributed by atoms with van der Waals surface area (Å²) in [5.41, 5.74) is 4.07. The maximum absolute atomic E-state index is 12.7. The first kappa shape index (κ1) is 19.3. The Labute approximate surface area is 175 Å². The van der Waals surface area contributed by atoms with Crippen LogP contribution in [-0.2, 0) is 9.53 Å². The Morgan fingerprint density at radius 1 is 1.14 bits per heavy atom. The van der Waals surface area contributed by atoms with Gasteiger partial charge in [-0.15, -0.1) is 0 Å². The number of esters is 1. The summed E-state index contributed by atoms with van der Waals surface area (Å²) in [5, 5.41) is 3.81. The number of benzene rings is 2. The van der Waals surface area contributed by atoms with Crippen molar-refractivity contribution in [3.05, 3.63) is 64.9 Å². The van der Waals surface area contributed by atoms with Crippen LogP contribution in [0.5, 0.6) is 11.5 Å². The number of anilines is 1. The van der Waals surface area contributed by atoms with E-state index in [0.717, 1.165) is 16.8 Å². The first-order chi connectivity index (χ1) is 14.0. The molecular formula is C22H22N2O4S. The Kier molecular flexibility index (Phi) is 5.15. The predicted molar refractivity (Wildman–Crippen MR) is 114 cm³/mol. The molecule has 2 aromatic carbocycles. The highest BCUT2D eigenvalue weighted by atomic mass is 32.1.